The van der Waals surface area contributed by atoms with Gasteiger partial charge in [-0.25, -0.2) is 0 Å². The van der Waals surface area contributed by atoms with E-state index in [2.05, 4.69) is 10.2 Å². The van der Waals surface area contributed by atoms with Gasteiger partial charge in [0.25, 0.3) is 0 Å². The highest BCUT2D eigenvalue weighted by molar-refractivity contribution is 5.82. The molecule has 0 radical (unpaired) electrons. The van der Waals surface area contributed by atoms with Crippen molar-refractivity contribution in [2.24, 2.45) is 5.73 Å². The van der Waals surface area contributed by atoms with E-state index in [1.165, 1.54) is 0 Å². The zero-order chi connectivity index (χ0) is 11.4. The van der Waals surface area contributed by atoms with Gasteiger partial charge < -0.3 is 16.0 Å². The van der Waals surface area contributed by atoms with Crippen molar-refractivity contribution in [2.75, 3.05) is 24.5 Å². The molecule has 86 valence electrons. The van der Waals surface area contributed by atoms with Gasteiger partial charge in [-0.1, -0.05) is 18.2 Å². The van der Waals surface area contributed by atoms with Gasteiger partial charge in [-0.3, -0.25) is 4.79 Å². The number of amides is 1. The molecule has 0 atom stereocenters. The lowest BCUT2D eigenvalue weighted by Gasteiger charge is -2.23. The van der Waals surface area contributed by atoms with Crippen LogP contribution in [-0.2, 0) is 11.3 Å². The van der Waals surface area contributed by atoms with Gasteiger partial charge in [0.2, 0.25) is 5.91 Å². The number of nitrogens with zero attached hydrogens (tertiary/aromatic N) is 1. The maximum Gasteiger partial charge on any atom is 0.239 e. The minimum absolute atomic E-state index is 0.0873. The number of nitrogens with two attached hydrogens (primary N) is 1. The Bertz CT molecular complexity index is 378. The van der Waals surface area contributed by atoms with Crippen LogP contribution in [0.15, 0.2) is 24.3 Å². The number of nitrogens with one attached hydrogen (secondary N) is 1. The molecule has 16 heavy (non-hydrogen) atoms. The molecule has 0 saturated carbocycles. The van der Waals surface area contributed by atoms with Gasteiger partial charge in [0.05, 0.1) is 6.54 Å². The molecule has 1 aliphatic heterocycles. The molecule has 4 nitrogen and oxygen atoms in total. The van der Waals surface area contributed by atoms with Crippen molar-refractivity contribution in [1.29, 1.82) is 0 Å². The summed E-state index contributed by atoms with van der Waals surface area (Å²) in [4.78, 5) is 13.6. The number of rotatable bonds is 2. The van der Waals surface area contributed by atoms with Crippen LogP contribution in [0, 0.1) is 0 Å². The van der Waals surface area contributed by atoms with Crippen LogP contribution in [0.25, 0.3) is 0 Å². The van der Waals surface area contributed by atoms with E-state index in [0.717, 1.165) is 30.8 Å². The predicted octanol–water partition coefficient (Wildman–Crippen LogP) is 0.472. The van der Waals surface area contributed by atoms with Crippen molar-refractivity contribution < 1.29 is 4.79 Å². The monoisotopic (exact) mass is 219 g/mol. The van der Waals surface area contributed by atoms with Gasteiger partial charge in [-0.15, -0.1) is 0 Å². The number of carbonyl (C=O) groups excluding carboxylic acids is 1. The average molecular weight is 219 g/mol. The lowest BCUT2D eigenvalue weighted by molar-refractivity contribution is -0.119. The van der Waals surface area contributed by atoms with Gasteiger partial charge in [0, 0.05) is 25.3 Å². The molecule has 1 heterocycles. The molecular formula is C12H17N3O. The summed E-state index contributed by atoms with van der Waals surface area (Å²) in [5.41, 5.74) is 7.88. The molecule has 0 aromatic heterocycles. The molecule has 2 rings (SSSR count). The number of para-hydroxylation sites is 1. The number of benzene rings is 1. The third-order valence-electron chi connectivity index (χ3n) is 2.81. The molecule has 0 bridgehead atoms. The molecule has 1 aromatic carbocycles. The third kappa shape index (κ3) is 2.33. The second kappa shape index (κ2) is 4.99. The van der Waals surface area contributed by atoms with Crippen molar-refractivity contribution in [2.45, 2.75) is 13.0 Å². The van der Waals surface area contributed by atoms with Gasteiger partial charge in [-0.05, 0) is 18.1 Å². The SMILES string of the molecule is NCc1ccccc1N1CCCNC(=O)C1. The third-order valence-corrected chi connectivity index (χ3v) is 2.81. The Morgan fingerprint density at radius 1 is 1.38 bits per heavy atom. The van der Waals surface area contributed by atoms with Gasteiger partial charge in [-0.2, -0.15) is 0 Å². The van der Waals surface area contributed by atoms with Crippen molar-refractivity contribution in [3.63, 3.8) is 0 Å². The maximum absolute atomic E-state index is 11.5. The molecule has 1 aromatic rings. The average Bonchev–Trinajstić information content (AvgIpc) is 2.54. The fourth-order valence-corrected chi connectivity index (χ4v) is 2.00. The first-order chi connectivity index (χ1) is 7.81. The number of anilines is 1. The Hall–Kier alpha value is -1.55. The van der Waals surface area contributed by atoms with E-state index in [1.54, 1.807) is 0 Å². The summed E-state index contributed by atoms with van der Waals surface area (Å²) in [6, 6.07) is 8.00. The summed E-state index contributed by atoms with van der Waals surface area (Å²) >= 11 is 0. The summed E-state index contributed by atoms with van der Waals surface area (Å²) in [6.07, 6.45) is 0.977. The molecule has 1 aliphatic rings. The smallest absolute Gasteiger partial charge is 0.239 e. The lowest BCUT2D eigenvalue weighted by atomic mass is 10.1. The molecule has 1 saturated heterocycles. The van der Waals surface area contributed by atoms with Gasteiger partial charge in [0.15, 0.2) is 0 Å². The second-order valence-electron chi connectivity index (χ2n) is 3.96. The standard InChI is InChI=1S/C12H17N3O/c13-8-10-4-1-2-5-11(10)15-7-3-6-14-12(16)9-15/h1-2,4-5H,3,6-9,13H2,(H,14,16). The van der Waals surface area contributed by atoms with Crippen LogP contribution >= 0.6 is 0 Å². The van der Waals surface area contributed by atoms with Crippen LogP contribution in [0.1, 0.15) is 12.0 Å². The maximum atomic E-state index is 11.5. The molecule has 4 heteroatoms. The quantitative estimate of drug-likeness (QED) is 0.760. The Balaban J connectivity index is 2.24. The molecule has 3 N–H and O–H groups in total. The van der Waals surface area contributed by atoms with Crippen molar-refractivity contribution >= 4 is 11.6 Å². The Kier molecular flexibility index (Phi) is 3.41. The zero-order valence-electron chi connectivity index (χ0n) is 9.28. The summed E-state index contributed by atoms with van der Waals surface area (Å²) in [7, 11) is 0. The highest BCUT2D eigenvalue weighted by Gasteiger charge is 2.16. The van der Waals surface area contributed by atoms with E-state index in [-0.39, 0.29) is 5.91 Å². The number of carbonyl (C=O) groups is 1. The topological polar surface area (TPSA) is 58.4 Å². The van der Waals surface area contributed by atoms with E-state index in [1.807, 2.05) is 24.3 Å². The van der Waals surface area contributed by atoms with Crippen LogP contribution in [0.4, 0.5) is 5.69 Å². The zero-order valence-corrected chi connectivity index (χ0v) is 9.28. The minimum atomic E-state index is 0.0873. The fraction of sp³-hybridized carbons (Fsp3) is 0.417. The highest BCUT2D eigenvalue weighted by atomic mass is 16.2. The molecule has 0 unspecified atom stereocenters. The largest absolute Gasteiger partial charge is 0.362 e. The first kappa shape index (κ1) is 11.0. The Morgan fingerprint density at radius 2 is 2.19 bits per heavy atom. The Labute approximate surface area is 95.4 Å². The van der Waals surface area contributed by atoms with E-state index in [0.29, 0.717) is 13.1 Å². The number of hydrogen-bond acceptors (Lipinski definition) is 3. The van der Waals surface area contributed by atoms with E-state index < -0.39 is 0 Å². The number of hydrogen-bond donors (Lipinski definition) is 2. The second-order valence-corrected chi connectivity index (χ2v) is 3.96. The fourth-order valence-electron chi connectivity index (χ4n) is 2.00. The van der Waals surface area contributed by atoms with Crippen molar-refractivity contribution in [1.82, 2.24) is 5.32 Å². The van der Waals surface area contributed by atoms with Crippen molar-refractivity contribution in [3.05, 3.63) is 29.8 Å². The van der Waals surface area contributed by atoms with E-state index in [4.69, 9.17) is 5.73 Å². The van der Waals surface area contributed by atoms with Crippen LogP contribution in [0.5, 0.6) is 0 Å². The molecular weight excluding hydrogens is 202 g/mol. The predicted molar refractivity (Wildman–Crippen MR) is 64.2 cm³/mol. The van der Waals surface area contributed by atoms with Crippen LogP contribution in [0.3, 0.4) is 0 Å². The summed E-state index contributed by atoms with van der Waals surface area (Å²) in [6.45, 7) is 2.60. The Morgan fingerprint density at radius 3 is 3.00 bits per heavy atom. The lowest BCUT2D eigenvalue weighted by Crippen LogP contribution is -2.33. The van der Waals surface area contributed by atoms with Gasteiger partial charge in [0.1, 0.15) is 0 Å². The van der Waals surface area contributed by atoms with Crippen molar-refractivity contribution in [3.8, 4) is 0 Å². The van der Waals surface area contributed by atoms with Gasteiger partial charge >= 0.3 is 0 Å². The minimum Gasteiger partial charge on any atom is -0.362 e. The molecule has 0 spiro atoms. The summed E-state index contributed by atoms with van der Waals surface area (Å²) < 4.78 is 0. The van der Waals surface area contributed by atoms with Crippen LogP contribution in [-0.4, -0.2) is 25.5 Å². The molecule has 1 fully saturated rings. The summed E-state index contributed by atoms with van der Waals surface area (Å²) in [5.74, 6) is 0.0873. The normalized spacial score (nSPS) is 16.8. The first-order valence-corrected chi connectivity index (χ1v) is 5.61. The molecule has 0 aliphatic carbocycles. The molecule has 1 amide bonds. The highest BCUT2D eigenvalue weighted by Crippen LogP contribution is 2.20. The first-order valence-electron chi connectivity index (χ1n) is 5.61. The van der Waals surface area contributed by atoms with E-state index in [9.17, 15) is 4.79 Å². The van der Waals surface area contributed by atoms with Crippen LogP contribution in [0.2, 0.25) is 0 Å². The van der Waals surface area contributed by atoms with Crippen LogP contribution < -0.4 is 16.0 Å². The van der Waals surface area contributed by atoms with E-state index >= 15 is 0 Å². The summed E-state index contributed by atoms with van der Waals surface area (Å²) in [5, 5.41) is 2.87.